The van der Waals surface area contributed by atoms with E-state index >= 15 is 0 Å². The Morgan fingerprint density at radius 2 is 1.94 bits per heavy atom. The van der Waals surface area contributed by atoms with Gasteiger partial charge in [-0.15, -0.1) is 11.3 Å². The van der Waals surface area contributed by atoms with E-state index in [1.165, 1.54) is 17.4 Å². The molecular weight excluding hydrogens is 237 g/mol. The molecule has 0 unspecified atom stereocenters. The van der Waals surface area contributed by atoms with Crippen LogP contribution in [0.3, 0.4) is 0 Å². The van der Waals surface area contributed by atoms with Crippen LogP contribution in [0.15, 0.2) is 24.3 Å². The number of alkyl halides is 3. The first-order chi connectivity index (χ1) is 7.50. The predicted octanol–water partition coefficient (Wildman–Crippen LogP) is 3.45. The summed E-state index contributed by atoms with van der Waals surface area (Å²) in [7, 11) is 0. The molecular formula is C11H9F3OS. The van der Waals surface area contributed by atoms with Crippen molar-refractivity contribution in [1.29, 1.82) is 0 Å². The Hall–Kier alpha value is -1.07. The van der Waals surface area contributed by atoms with Crippen LogP contribution >= 0.6 is 11.3 Å². The van der Waals surface area contributed by atoms with E-state index in [0.717, 1.165) is 21.7 Å². The minimum Gasteiger partial charge on any atom is -0.396 e. The summed E-state index contributed by atoms with van der Waals surface area (Å²) < 4.78 is 38.1. The minimum absolute atomic E-state index is 0.0128. The molecule has 0 atom stereocenters. The third-order valence-electron chi connectivity index (χ3n) is 2.25. The molecule has 1 heterocycles. The maximum Gasteiger partial charge on any atom is 0.416 e. The summed E-state index contributed by atoms with van der Waals surface area (Å²) in [6.07, 6.45) is -3.81. The largest absolute Gasteiger partial charge is 0.416 e. The van der Waals surface area contributed by atoms with Crippen LogP contribution in [0.1, 0.15) is 10.4 Å². The number of hydrogen-bond donors (Lipinski definition) is 1. The molecule has 1 nitrogen and oxygen atoms in total. The van der Waals surface area contributed by atoms with Crippen LogP contribution in [0, 0.1) is 0 Å². The Balaban J connectivity index is 2.46. The first-order valence-electron chi connectivity index (χ1n) is 4.71. The van der Waals surface area contributed by atoms with Crippen LogP contribution in [-0.2, 0) is 12.6 Å². The average Bonchev–Trinajstić information content (AvgIpc) is 2.57. The smallest absolute Gasteiger partial charge is 0.396 e. The highest BCUT2D eigenvalue weighted by Gasteiger charge is 2.30. The number of fused-ring (bicyclic) bond motifs is 1. The van der Waals surface area contributed by atoms with Gasteiger partial charge in [0.2, 0.25) is 0 Å². The molecule has 1 aromatic carbocycles. The summed E-state index contributed by atoms with van der Waals surface area (Å²) in [4.78, 5) is 0.900. The van der Waals surface area contributed by atoms with E-state index in [-0.39, 0.29) is 6.61 Å². The Bertz CT molecular complexity index is 501. The standard InChI is InChI=1S/C11H9F3OS/c12-11(13,14)8-1-2-10-7(5-8)6-9(16-10)3-4-15/h1-2,5-6,15H,3-4H2. The lowest BCUT2D eigenvalue weighted by Crippen LogP contribution is -2.03. The fourth-order valence-electron chi connectivity index (χ4n) is 1.51. The molecule has 0 radical (unpaired) electrons. The van der Waals surface area contributed by atoms with Crippen LogP contribution in [0.25, 0.3) is 10.1 Å². The molecule has 86 valence electrons. The van der Waals surface area contributed by atoms with Gasteiger partial charge in [0.05, 0.1) is 5.56 Å². The van der Waals surface area contributed by atoms with Gasteiger partial charge in [-0.05, 0) is 29.7 Å². The minimum atomic E-state index is -4.30. The number of halogens is 3. The Morgan fingerprint density at radius 1 is 1.19 bits per heavy atom. The van der Waals surface area contributed by atoms with Crippen molar-refractivity contribution < 1.29 is 18.3 Å². The second-order valence-electron chi connectivity index (χ2n) is 3.44. The molecule has 2 rings (SSSR count). The summed E-state index contributed by atoms with van der Waals surface area (Å²) in [5.74, 6) is 0. The Morgan fingerprint density at radius 3 is 2.56 bits per heavy atom. The highest BCUT2D eigenvalue weighted by Crippen LogP contribution is 2.34. The third kappa shape index (κ3) is 2.20. The van der Waals surface area contributed by atoms with E-state index in [4.69, 9.17) is 5.11 Å². The first kappa shape index (κ1) is 11.4. The zero-order valence-electron chi connectivity index (χ0n) is 8.21. The van der Waals surface area contributed by atoms with Crippen LogP contribution in [-0.4, -0.2) is 11.7 Å². The number of benzene rings is 1. The fraction of sp³-hybridized carbons (Fsp3) is 0.273. The van der Waals surface area contributed by atoms with Gasteiger partial charge in [-0.2, -0.15) is 13.2 Å². The van der Waals surface area contributed by atoms with Crippen molar-refractivity contribution in [1.82, 2.24) is 0 Å². The lowest BCUT2D eigenvalue weighted by atomic mass is 10.1. The summed E-state index contributed by atoms with van der Waals surface area (Å²) in [6.45, 7) is 0.0128. The highest BCUT2D eigenvalue weighted by atomic mass is 32.1. The van der Waals surface area contributed by atoms with E-state index in [2.05, 4.69) is 0 Å². The molecule has 16 heavy (non-hydrogen) atoms. The van der Waals surface area contributed by atoms with Crippen molar-refractivity contribution in [3.8, 4) is 0 Å². The van der Waals surface area contributed by atoms with Crippen LogP contribution in [0.4, 0.5) is 13.2 Å². The Kier molecular flexibility index (Phi) is 2.90. The summed E-state index contributed by atoms with van der Waals surface area (Å²) in [5.41, 5.74) is -0.631. The monoisotopic (exact) mass is 246 g/mol. The molecule has 2 aromatic rings. The Labute approximate surface area is 94.1 Å². The second-order valence-corrected chi connectivity index (χ2v) is 4.61. The highest BCUT2D eigenvalue weighted by molar-refractivity contribution is 7.19. The molecule has 0 bridgehead atoms. The fourth-order valence-corrected chi connectivity index (χ4v) is 2.54. The molecule has 5 heteroatoms. The van der Waals surface area contributed by atoms with Crippen molar-refractivity contribution in [2.24, 2.45) is 0 Å². The molecule has 0 aliphatic carbocycles. The van der Waals surface area contributed by atoms with Gasteiger partial charge >= 0.3 is 6.18 Å². The number of aliphatic hydroxyl groups is 1. The lowest BCUT2D eigenvalue weighted by molar-refractivity contribution is -0.137. The van der Waals surface area contributed by atoms with Crippen molar-refractivity contribution >= 4 is 21.4 Å². The van der Waals surface area contributed by atoms with Gasteiger partial charge in [-0.1, -0.05) is 0 Å². The molecule has 0 spiro atoms. The normalized spacial score (nSPS) is 12.2. The van der Waals surface area contributed by atoms with E-state index in [1.807, 2.05) is 0 Å². The summed E-state index contributed by atoms with van der Waals surface area (Å²) in [5, 5.41) is 9.34. The number of hydrogen-bond acceptors (Lipinski definition) is 2. The van der Waals surface area contributed by atoms with E-state index in [9.17, 15) is 13.2 Å². The SMILES string of the molecule is OCCc1cc2cc(C(F)(F)F)ccc2s1. The van der Waals surface area contributed by atoms with Crippen LogP contribution in [0.2, 0.25) is 0 Å². The van der Waals surface area contributed by atoms with Gasteiger partial charge < -0.3 is 5.11 Å². The molecule has 0 aliphatic rings. The molecule has 1 N–H and O–H groups in total. The number of thiophene rings is 1. The van der Waals surface area contributed by atoms with Gasteiger partial charge in [0.1, 0.15) is 0 Å². The van der Waals surface area contributed by atoms with Crippen molar-refractivity contribution in [2.75, 3.05) is 6.61 Å². The molecule has 0 fully saturated rings. The van der Waals surface area contributed by atoms with Gasteiger partial charge in [0, 0.05) is 22.6 Å². The lowest BCUT2D eigenvalue weighted by Gasteiger charge is -2.05. The average molecular weight is 246 g/mol. The molecule has 0 saturated heterocycles. The van der Waals surface area contributed by atoms with Crippen molar-refractivity contribution in [2.45, 2.75) is 12.6 Å². The topological polar surface area (TPSA) is 20.2 Å². The number of aliphatic hydroxyl groups excluding tert-OH is 1. The number of rotatable bonds is 2. The van der Waals surface area contributed by atoms with Gasteiger partial charge in [-0.3, -0.25) is 0 Å². The van der Waals surface area contributed by atoms with Crippen LogP contribution < -0.4 is 0 Å². The van der Waals surface area contributed by atoms with Gasteiger partial charge in [-0.25, -0.2) is 0 Å². The molecule has 0 saturated carbocycles. The maximum atomic E-state index is 12.4. The summed E-state index contributed by atoms with van der Waals surface area (Å²) >= 11 is 1.41. The maximum absolute atomic E-state index is 12.4. The quantitative estimate of drug-likeness (QED) is 0.860. The zero-order chi connectivity index (χ0) is 11.8. The molecule has 1 aromatic heterocycles. The van der Waals surface area contributed by atoms with Crippen molar-refractivity contribution in [3.05, 3.63) is 34.7 Å². The molecule has 0 aliphatic heterocycles. The zero-order valence-corrected chi connectivity index (χ0v) is 9.03. The van der Waals surface area contributed by atoms with E-state index in [1.54, 1.807) is 6.07 Å². The van der Waals surface area contributed by atoms with E-state index in [0.29, 0.717) is 11.8 Å². The van der Waals surface area contributed by atoms with E-state index < -0.39 is 11.7 Å². The van der Waals surface area contributed by atoms with Gasteiger partial charge in [0.25, 0.3) is 0 Å². The third-order valence-corrected chi connectivity index (χ3v) is 3.43. The summed E-state index contributed by atoms with van der Waals surface area (Å²) in [6, 6.07) is 5.41. The first-order valence-corrected chi connectivity index (χ1v) is 5.53. The van der Waals surface area contributed by atoms with Gasteiger partial charge in [0.15, 0.2) is 0 Å². The van der Waals surface area contributed by atoms with Crippen LogP contribution in [0.5, 0.6) is 0 Å². The van der Waals surface area contributed by atoms with Crippen molar-refractivity contribution in [3.63, 3.8) is 0 Å². The predicted molar refractivity (Wildman–Crippen MR) is 57.6 cm³/mol. The second kappa shape index (κ2) is 4.07. The molecule has 0 amide bonds.